The molecule has 3 N–H and O–H groups in total. The monoisotopic (exact) mass is 282 g/mol. The van der Waals surface area contributed by atoms with Gasteiger partial charge in [0.05, 0.1) is 5.69 Å². The van der Waals surface area contributed by atoms with Gasteiger partial charge in [0, 0.05) is 17.4 Å². The Morgan fingerprint density at radius 3 is 2.74 bits per heavy atom. The van der Waals surface area contributed by atoms with Crippen molar-refractivity contribution in [2.24, 2.45) is 0 Å². The molecular formula is C12H11FN2O3S. The van der Waals surface area contributed by atoms with Gasteiger partial charge in [-0.3, -0.25) is 10.0 Å². The van der Waals surface area contributed by atoms with E-state index in [9.17, 15) is 14.3 Å². The first kappa shape index (κ1) is 13.6. The van der Waals surface area contributed by atoms with Crippen molar-refractivity contribution < 1.29 is 19.5 Å². The Labute approximate surface area is 112 Å². The van der Waals surface area contributed by atoms with Crippen LogP contribution >= 0.6 is 11.3 Å². The van der Waals surface area contributed by atoms with Crippen molar-refractivity contribution in [2.75, 3.05) is 0 Å². The summed E-state index contributed by atoms with van der Waals surface area (Å²) in [6.07, 6.45) is -1.35. The Balaban J connectivity index is 2.11. The number of hydrogen-bond acceptors (Lipinski definition) is 5. The zero-order valence-electron chi connectivity index (χ0n) is 9.71. The number of benzene rings is 1. The second kappa shape index (κ2) is 5.87. The maximum atomic E-state index is 12.8. The SMILES string of the molecule is O=C(NO)[C@@H](O)Cc1csc(-c2ccc(F)cc2)n1. The van der Waals surface area contributed by atoms with E-state index in [0.717, 1.165) is 5.56 Å². The van der Waals surface area contributed by atoms with Crippen LogP contribution in [-0.4, -0.2) is 27.3 Å². The Kier molecular flexibility index (Phi) is 4.20. The van der Waals surface area contributed by atoms with Crippen molar-refractivity contribution in [2.45, 2.75) is 12.5 Å². The summed E-state index contributed by atoms with van der Waals surface area (Å²) >= 11 is 1.33. The van der Waals surface area contributed by atoms with Gasteiger partial charge in [0.2, 0.25) is 0 Å². The van der Waals surface area contributed by atoms with Crippen molar-refractivity contribution in [1.29, 1.82) is 0 Å². The van der Waals surface area contributed by atoms with Crippen LogP contribution in [0, 0.1) is 5.82 Å². The minimum absolute atomic E-state index is 0.00406. The fourth-order valence-corrected chi connectivity index (χ4v) is 2.33. The number of nitrogens with zero attached hydrogens (tertiary/aromatic N) is 1. The number of hydroxylamine groups is 1. The first-order valence-electron chi connectivity index (χ1n) is 5.42. The van der Waals surface area contributed by atoms with Gasteiger partial charge in [-0.2, -0.15) is 0 Å². The lowest BCUT2D eigenvalue weighted by atomic mass is 10.2. The number of rotatable bonds is 4. The van der Waals surface area contributed by atoms with E-state index in [0.29, 0.717) is 10.7 Å². The summed E-state index contributed by atoms with van der Waals surface area (Å²) in [5.41, 5.74) is 2.67. The van der Waals surface area contributed by atoms with Crippen molar-refractivity contribution in [1.82, 2.24) is 10.5 Å². The molecule has 0 fully saturated rings. The number of hydrogen-bond donors (Lipinski definition) is 3. The predicted molar refractivity (Wildman–Crippen MR) is 67.1 cm³/mol. The van der Waals surface area contributed by atoms with E-state index in [1.54, 1.807) is 17.5 Å². The molecule has 1 heterocycles. The van der Waals surface area contributed by atoms with Gasteiger partial charge in [-0.1, -0.05) is 0 Å². The quantitative estimate of drug-likeness (QED) is 0.584. The number of thiazole rings is 1. The van der Waals surface area contributed by atoms with Gasteiger partial charge in [-0.15, -0.1) is 11.3 Å². The lowest BCUT2D eigenvalue weighted by molar-refractivity contribution is -0.137. The average Bonchev–Trinajstić information content (AvgIpc) is 2.87. The fourth-order valence-electron chi connectivity index (χ4n) is 1.49. The van der Waals surface area contributed by atoms with E-state index in [-0.39, 0.29) is 12.2 Å². The average molecular weight is 282 g/mol. The van der Waals surface area contributed by atoms with Gasteiger partial charge >= 0.3 is 0 Å². The molecule has 0 spiro atoms. The van der Waals surface area contributed by atoms with E-state index in [4.69, 9.17) is 5.21 Å². The molecule has 0 aliphatic rings. The van der Waals surface area contributed by atoms with Gasteiger partial charge in [0.25, 0.3) is 5.91 Å². The van der Waals surface area contributed by atoms with Crippen LogP contribution in [-0.2, 0) is 11.2 Å². The number of carbonyl (C=O) groups excluding carboxylic acids is 1. The van der Waals surface area contributed by atoms with Crippen LogP contribution in [0.3, 0.4) is 0 Å². The topological polar surface area (TPSA) is 82.5 Å². The molecule has 2 rings (SSSR count). The first-order valence-corrected chi connectivity index (χ1v) is 6.30. The molecule has 0 saturated carbocycles. The normalized spacial score (nSPS) is 12.2. The van der Waals surface area contributed by atoms with E-state index in [1.807, 2.05) is 0 Å². The van der Waals surface area contributed by atoms with Crippen molar-refractivity contribution in [3.63, 3.8) is 0 Å². The zero-order chi connectivity index (χ0) is 13.8. The molecule has 1 aromatic heterocycles. The molecule has 0 aliphatic carbocycles. The maximum Gasteiger partial charge on any atom is 0.272 e. The summed E-state index contributed by atoms with van der Waals surface area (Å²) in [4.78, 5) is 15.2. The highest BCUT2D eigenvalue weighted by molar-refractivity contribution is 7.13. The number of aliphatic hydroxyl groups is 1. The summed E-state index contributed by atoms with van der Waals surface area (Å²) in [5.74, 6) is -1.20. The third kappa shape index (κ3) is 3.34. The highest BCUT2D eigenvalue weighted by Gasteiger charge is 2.16. The summed E-state index contributed by atoms with van der Waals surface area (Å²) < 4.78 is 12.8. The lowest BCUT2D eigenvalue weighted by Crippen LogP contribution is -2.33. The number of nitrogens with one attached hydrogen (secondary N) is 1. The molecule has 1 aromatic carbocycles. The van der Waals surface area contributed by atoms with Crippen molar-refractivity contribution >= 4 is 17.2 Å². The Bertz CT molecular complexity index is 571. The van der Waals surface area contributed by atoms with Gasteiger partial charge in [0.15, 0.2) is 0 Å². The highest BCUT2D eigenvalue weighted by Crippen LogP contribution is 2.24. The summed E-state index contributed by atoms with van der Waals surface area (Å²) in [6.45, 7) is 0. The molecule has 1 amide bonds. The largest absolute Gasteiger partial charge is 0.383 e. The van der Waals surface area contributed by atoms with Gasteiger partial charge in [-0.05, 0) is 24.3 Å². The maximum absolute atomic E-state index is 12.8. The summed E-state index contributed by atoms with van der Waals surface area (Å²) in [5, 5.41) is 20.2. The molecule has 0 saturated heterocycles. The molecule has 0 radical (unpaired) electrons. The second-order valence-electron chi connectivity index (χ2n) is 3.85. The minimum Gasteiger partial charge on any atom is -0.383 e. The Hall–Kier alpha value is -1.83. The van der Waals surface area contributed by atoms with Gasteiger partial charge < -0.3 is 5.11 Å². The summed E-state index contributed by atoms with van der Waals surface area (Å²) in [7, 11) is 0. The third-order valence-electron chi connectivity index (χ3n) is 2.46. The second-order valence-corrected chi connectivity index (χ2v) is 4.70. The van der Waals surface area contributed by atoms with Crippen LogP contribution < -0.4 is 5.48 Å². The molecule has 0 bridgehead atoms. The van der Waals surface area contributed by atoms with Crippen LogP contribution in [0.5, 0.6) is 0 Å². The number of aliphatic hydroxyl groups excluding tert-OH is 1. The highest BCUT2D eigenvalue weighted by atomic mass is 32.1. The molecule has 100 valence electrons. The molecule has 5 nitrogen and oxygen atoms in total. The molecule has 0 unspecified atom stereocenters. The van der Waals surface area contributed by atoms with Crippen LogP contribution in [0.2, 0.25) is 0 Å². The summed E-state index contributed by atoms with van der Waals surface area (Å²) in [6, 6.07) is 5.89. The smallest absolute Gasteiger partial charge is 0.272 e. The standard InChI is InChI=1S/C12H11FN2O3S/c13-8-3-1-7(2-4-8)12-14-9(6-19-12)5-10(16)11(17)15-18/h1-4,6,10,16,18H,5H2,(H,15,17)/t10-/m0/s1. The van der Waals surface area contributed by atoms with Gasteiger partial charge in [0.1, 0.15) is 16.9 Å². The first-order chi connectivity index (χ1) is 9.10. The molecular weight excluding hydrogens is 271 g/mol. The molecule has 7 heteroatoms. The van der Waals surface area contributed by atoms with E-state index in [2.05, 4.69) is 4.98 Å². The van der Waals surface area contributed by atoms with E-state index in [1.165, 1.54) is 28.9 Å². The van der Waals surface area contributed by atoms with Crippen LogP contribution in [0.1, 0.15) is 5.69 Å². The van der Waals surface area contributed by atoms with E-state index < -0.39 is 12.0 Å². The number of halogens is 1. The van der Waals surface area contributed by atoms with E-state index >= 15 is 0 Å². The molecule has 2 aromatic rings. The predicted octanol–water partition coefficient (Wildman–Crippen LogP) is 1.36. The molecule has 1 atom stereocenters. The lowest BCUT2D eigenvalue weighted by Gasteiger charge is -2.05. The molecule has 0 aliphatic heterocycles. The van der Waals surface area contributed by atoms with Crippen LogP contribution in [0.15, 0.2) is 29.6 Å². The van der Waals surface area contributed by atoms with Crippen molar-refractivity contribution in [3.05, 3.63) is 41.2 Å². The minimum atomic E-state index is -1.35. The number of amides is 1. The van der Waals surface area contributed by atoms with Crippen molar-refractivity contribution in [3.8, 4) is 10.6 Å². The number of aromatic nitrogens is 1. The van der Waals surface area contributed by atoms with Gasteiger partial charge in [-0.25, -0.2) is 14.9 Å². The Morgan fingerprint density at radius 2 is 2.11 bits per heavy atom. The third-order valence-corrected chi connectivity index (χ3v) is 3.40. The Morgan fingerprint density at radius 1 is 1.42 bits per heavy atom. The molecule has 19 heavy (non-hydrogen) atoms. The fraction of sp³-hybridized carbons (Fsp3) is 0.167. The number of carbonyl (C=O) groups is 1. The zero-order valence-corrected chi connectivity index (χ0v) is 10.5. The van der Waals surface area contributed by atoms with Crippen LogP contribution in [0.4, 0.5) is 4.39 Å². The van der Waals surface area contributed by atoms with Crippen LogP contribution in [0.25, 0.3) is 10.6 Å².